The smallest absolute Gasteiger partial charge is 0.324 e. The molecule has 3 heterocycles. The van der Waals surface area contributed by atoms with Gasteiger partial charge in [0.25, 0.3) is 0 Å². The summed E-state index contributed by atoms with van der Waals surface area (Å²) in [7, 11) is 0. The molecule has 7 nitrogen and oxygen atoms in total. The van der Waals surface area contributed by atoms with Crippen LogP contribution in [-0.2, 0) is 24.2 Å². The predicted octanol–water partition coefficient (Wildman–Crippen LogP) is 3.79. The third-order valence-corrected chi connectivity index (χ3v) is 7.27. The van der Waals surface area contributed by atoms with Crippen molar-refractivity contribution in [3.05, 3.63) is 56.1 Å². The van der Waals surface area contributed by atoms with Gasteiger partial charge in [-0.1, -0.05) is 24.6 Å². The van der Waals surface area contributed by atoms with E-state index in [9.17, 15) is 9.59 Å². The Balaban J connectivity index is 1.51. The minimum Gasteiger partial charge on any atom is -0.324 e. The van der Waals surface area contributed by atoms with Gasteiger partial charge in [0.1, 0.15) is 17.7 Å². The summed E-state index contributed by atoms with van der Waals surface area (Å²) in [4.78, 5) is 32.5. The first kappa shape index (κ1) is 19.9. The monoisotopic (exact) mass is 435 g/mol. The number of carbonyl (C=O) groups excluding carboxylic acids is 1. The van der Waals surface area contributed by atoms with Crippen LogP contribution in [0.2, 0.25) is 0 Å². The highest BCUT2D eigenvalue weighted by Crippen LogP contribution is 2.38. The highest BCUT2D eigenvalue weighted by atomic mass is 32.1. The molecule has 0 saturated carbocycles. The summed E-state index contributed by atoms with van der Waals surface area (Å²) in [6.45, 7) is 8.09. The van der Waals surface area contributed by atoms with Crippen LogP contribution in [0.5, 0.6) is 0 Å². The van der Waals surface area contributed by atoms with E-state index < -0.39 is 0 Å². The van der Waals surface area contributed by atoms with Crippen LogP contribution in [-0.4, -0.2) is 25.1 Å². The van der Waals surface area contributed by atoms with Crippen LogP contribution >= 0.6 is 11.3 Å². The fraction of sp³-hybridized carbons (Fsp3) is 0.391. The van der Waals surface area contributed by atoms with Gasteiger partial charge in [0.15, 0.2) is 5.65 Å². The number of rotatable bonds is 3. The lowest BCUT2D eigenvalue weighted by Crippen LogP contribution is -2.28. The fourth-order valence-corrected chi connectivity index (χ4v) is 6.00. The van der Waals surface area contributed by atoms with E-state index in [1.54, 1.807) is 11.3 Å². The molecule has 5 rings (SSSR count). The number of benzene rings is 1. The average molecular weight is 436 g/mol. The number of aromatic nitrogens is 4. The highest BCUT2D eigenvalue weighted by Gasteiger charge is 2.24. The van der Waals surface area contributed by atoms with Gasteiger partial charge in [0.2, 0.25) is 5.91 Å². The van der Waals surface area contributed by atoms with Gasteiger partial charge in [-0.05, 0) is 62.6 Å². The first-order chi connectivity index (χ1) is 14.8. The van der Waals surface area contributed by atoms with E-state index in [1.807, 2.05) is 32.9 Å². The number of fused-ring (bicyclic) bond motifs is 5. The summed E-state index contributed by atoms with van der Waals surface area (Å²) < 4.78 is 2.70. The molecular weight excluding hydrogens is 410 g/mol. The summed E-state index contributed by atoms with van der Waals surface area (Å²) in [5, 5.41) is 8.47. The van der Waals surface area contributed by atoms with Crippen molar-refractivity contribution in [2.24, 2.45) is 5.92 Å². The Morgan fingerprint density at radius 3 is 2.74 bits per heavy atom. The normalized spacial score (nSPS) is 16.1. The summed E-state index contributed by atoms with van der Waals surface area (Å²) in [5.41, 5.74) is 5.45. The quantitative estimate of drug-likeness (QED) is 0.531. The third-order valence-electron chi connectivity index (χ3n) is 6.11. The van der Waals surface area contributed by atoms with Crippen LogP contribution in [0.25, 0.3) is 15.9 Å². The maximum Gasteiger partial charge on any atom is 0.352 e. The zero-order valence-corrected chi connectivity index (χ0v) is 19.0. The van der Waals surface area contributed by atoms with Gasteiger partial charge < -0.3 is 5.32 Å². The lowest BCUT2D eigenvalue weighted by atomic mass is 9.89. The molecule has 1 N–H and O–H groups in total. The molecule has 1 unspecified atom stereocenters. The van der Waals surface area contributed by atoms with Gasteiger partial charge in [-0.2, -0.15) is 0 Å². The van der Waals surface area contributed by atoms with E-state index in [0.717, 1.165) is 51.9 Å². The molecule has 0 spiro atoms. The zero-order valence-electron chi connectivity index (χ0n) is 18.2. The predicted molar refractivity (Wildman–Crippen MR) is 123 cm³/mol. The van der Waals surface area contributed by atoms with Crippen molar-refractivity contribution in [1.29, 1.82) is 0 Å². The SMILES string of the molecule is Cc1cc(C)c(NC(=O)Cn2nc3c4c5c(sc4ncn3c2=O)CC(C)CC5)c(C)c1. The second kappa shape index (κ2) is 7.30. The maximum atomic E-state index is 12.9. The van der Waals surface area contributed by atoms with E-state index in [2.05, 4.69) is 22.3 Å². The Morgan fingerprint density at radius 2 is 2.00 bits per heavy atom. The summed E-state index contributed by atoms with van der Waals surface area (Å²) in [6, 6.07) is 4.06. The molecule has 4 aromatic rings. The standard InChI is InChI=1S/C23H25N5O2S/c1-12-5-6-16-17(9-12)31-22-19(16)21-26-28(23(30)27(21)11-24-22)10-18(29)25-20-14(3)7-13(2)8-15(20)4/h7-8,11-12H,5-6,9-10H2,1-4H3,(H,25,29). The van der Waals surface area contributed by atoms with Gasteiger partial charge in [0.05, 0.1) is 5.39 Å². The Hall–Kier alpha value is -3.00. The van der Waals surface area contributed by atoms with Crippen LogP contribution in [0, 0.1) is 26.7 Å². The van der Waals surface area contributed by atoms with Crippen molar-refractivity contribution in [1.82, 2.24) is 19.2 Å². The lowest BCUT2D eigenvalue weighted by molar-refractivity contribution is -0.117. The number of anilines is 1. The number of nitrogens with zero attached hydrogens (tertiary/aromatic N) is 4. The number of amides is 1. The number of hydrogen-bond donors (Lipinski definition) is 1. The fourth-order valence-electron chi connectivity index (χ4n) is 4.66. The second-order valence-electron chi connectivity index (χ2n) is 8.73. The van der Waals surface area contributed by atoms with Crippen molar-refractivity contribution < 1.29 is 4.79 Å². The van der Waals surface area contributed by atoms with E-state index in [-0.39, 0.29) is 18.1 Å². The van der Waals surface area contributed by atoms with Crippen LogP contribution in [0.4, 0.5) is 5.69 Å². The largest absolute Gasteiger partial charge is 0.352 e. The van der Waals surface area contributed by atoms with E-state index in [4.69, 9.17) is 0 Å². The van der Waals surface area contributed by atoms with E-state index in [0.29, 0.717) is 11.6 Å². The second-order valence-corrected chi connectivity index (χ2v) is 9.82. The first-order valence-electron chi connectivity index (χ1n) is 10.6. The number of aryl methyl sites for hydroxylation is 4. The molecule has 31 heavy (non-hydrogen) atoms. The molecule has 1 aliphatic rings. The molecule has 0 bridgehead atoms. The minimum atomic E-state index is -0.346. The van der Waals surface area contributed by atoms with Crippen molar-refractivity contribution in [3.63, 3.8) is 0 Å². The van der Waals surface area contributed by atoms with Crippen molar-refractivity contribution in [2.75, 3.05) is 5.32 Å². The topological polar surface area (TPSA) is 81.3 Å². The molecule has 0 aliphatic heterocycles. The van der Waals surface area contributed by atoms with Crippen LogP contribution in [0.3, 0.4) is 0 Å². The molecule has 0 radical (unpaired) electrons. The Labute approximate surface area is 183 Å². The van der Waals surface area contributed by atoms with Gasteiger partial charge in [-0.3, -0.25) is 4.79 Å². The Kier molecular flexibility index (Phi) is 4.69. The van der Waals surface area contributed by atoms with Gasteiger partial charge in [0, 0.05) is 10.6 Å². The number of nitrogens with one attached hydrogen (secondary N) is 1. The van der Waals surface area contributed by atoms with Gasteiger partial charge >= 0.3 is 5.69 Å². The molecule has 0 saturated heterocycles. The Bertz CT molecular complexity index is 1390. The summed E-state index contributed by atoms with van der Waals surface area (Å²) >= 11 is 1.70. The van der Waals surface area contributed by atoms with Gasteiger partial charge in [-0.25, -0.2) is 18.9 Å². The molecule has 8 heteroatoms. The molecule has 160 valence electrons. The van der Waals surface area contributed by atoms with Crippen molar-refractivity contribution in [2.45, 2.75) is 53.5 Å². The first-order valence-corrected chi connectivity index (χ1v) is 11.4. The Morgan fingerprint density at radius 1 is 1.26 bits per heavy atom. The van der Waals surface area contributed by atoms with Gasteiger partial charge in [-0.15, -0.1) is 16.4 Å². The number of thiophene rings is 1. The molecule has 0 fully saturated rings. The molecule has 1 amide bonds. The molecular formula is C23H25N5O2S. The minimum absolute atomic E-state index is 0.141. The van der Waals surface area contributed by atoms with Crippen molar-refractivity contribution >= 4 is 38.8 Å². The average Bonchev–Trinajstić information content (AvgIpc) is 3.21. The lowest BCUT2D eigenvalue weighted by Gasteiger charge is -2.17. The molecule has 3 aromatic heterocycles. The molecule has 1 aromatic carbocycles. The number of carbonyl (C=O) groups is 1. The summed E-state index contributed by atoms with van der Waals surface area (Å²) in [6.07, 6.45) is 4.68. The zero-order chi connectivity index (χ0) is 21.9. The highest BCUT2D eigenvalue weighted by molar-refractivity contribution is 7.19. The molecule has 1 aliphatic carbocycles. The molecule has 1 atom stereocenters. The number of hydrogen-bond acceptors (Lipinski definition) is 5. The summed E-state index contributed by atoms with van der Waals surface area (Å²) in [5.74, 6) is 0.389. The van der Waals surface area contributed by atoms with Crippen LogP contribution < -0.4 is 11.0 Å². The van der Waals surface area contributed by atoms with Crippen LogP contribution in [0.1, 0.15) is 40.5 Å². The third kappa shape index (κ3) is 3.35. The maximum absolute atomic E-state index is 12.9. The van der Waals surface area contributed by atoms with Crippen LogP contribution in [0.15, 0.2) is 23.3 Å². The van der Waals surface area contributed by atoms with Crippen molar-refractivity contribution in [3.8, 4) is 0 Å². The van der Waals surface area contributed by atoms with E-state index in [1.165, 1.54) is 25.9 Å². The van der Waals surface area contributed by atoms with E-state index >= 15 is 0 Å².